The third-order valence-corrected chi connectivity index (χ3v) is 6.19. The molecule has 1 aromatic heterocycles. The first-order chi connectivity index (χ1) is 14.2. The van der Waals surface area contributed by atoms with Crippen molar-refractivity contribution in [2.45, 2.75) is 12.8 Å². The van der Waals surface area contributed by atoms with Gasteiger partial charge in [-0.2, -0.15) is 0 Å². The van der Waals surface area contributed by atoms with Gasteiger partial charge >= 0.3 is 0 Å². The number of nitrogens with one attached hydrogen (secondary N) is 2. The van der Waals surface area contributed by atoms with Crippen LogP contribution in [-0.2, 0) is 4.79 Å². The van der Waals surface area contributed by atoms with E-state index in [1.165, 1.54) is 4.70 Å². The fourth-order valence-corrected chi connectivity index (χ4v) is 4.56. The number of amides is 2. The Morgan fingerprint density at radius 1 is 1.03 bits per heavy atom. The zero-order chi connectivity index (χ0) is 20.1. The molecule has 2 N–H and O–H groups in total. The lowest BCUT2D eigenvalue weighted by Gasteiger charge is -2.31. The van der Waals surface area contributed by atoms with Crippen LogP contribution in [0.3, 0.4) is 0 Å². The maximum Gasteiger partial charge on any atom is 0.251 e. The lowest BCUT2D eigenvalue weighted by atomic mass is 9.97. The summed E-state index contributed by atoms with van der Waals surface area (Å²) >= 11 is 1.68. The number of thiazole rings is 1. The highest BCUT2D eigenvalue weighted by Gasteiger charge is 2.27. The quantitative estimate of drug-likeness (QED) is 0.615. The van der Waals surface area contributed by atoms with Gasteiger partial charge in [0.05, 0.1) is 16.1 Å². The number of piperidine rings is 1. The Bertz CT molecular complexity index is 956. The van der Waals surface area contributed by atoms with E-state index in [9.17, 15) is 9.59 Å². The zero-order valence-corrected chi connectivity index (χ0v) is 17.0. The second-order valence-electron chi connectivity index (χ2n) is 7.16. The highest BCUT2D eigenvalue weighted by Crippen LogP contribution is 2.31. The first kappa shape index (κ1) is 19.4. The van der Waals surface area contributed by atoms with E-state index in [1.807, 2.05) is 36.4 Å². The van der Waals surface area contributed by atoms with Crippen molar-refractivity contribution >= 4 is 38.5 Å². The molecule has 1 aliphatic heterocycles. The minimum atomic E-state index is -0.125. The topological polar surface area (TPSA) is 74.3 Å². The van der Waals surface area contributed by atoms with Crippen LogP contribution in [0.25, 0.3) is 10.2 Å². The number of carbonyl (C=O) groups excluding carboxylic acids is 2. The number of nitrogens with zero attached hydrogens (tertiary/aromatic N) is 2. The molecule has 1 saturated heterocycles. The van der Waals surface area contributed by atoms with Crippen molar-refractivity contribution in [3.8, 4) is 0 Å². The van der Waals surface area contributed by atoms with Crippen molar-refractivity contribution in [3.05, 3.63) is 60.2 Å². The Kier molecular flexibility index (Phi) is 6.05. The van der Waals surface area contributed by atoms with Crippen LogP contribution in [0.4, 0.5) is 5.13 Å². The summed E-state index contributed by atoms with van der Waals surface area (Å²) in [7, 11) is 0. The summed E-state index contributed by atoms with van der Waals surface area (Å²) in [6.07, 6.45) is 1.85. The summed E-state index contributed by atoms with van der Waals surface area (Å²) in [4.78, 5) is 31.6. The molecule has 0 aliphatic carbocycles. The van der Waals surface area contributed by atoms with Crippen LogP contribution in [0.2, 0.25) is 0 Å². The maximum atomic E-state index is 12.6. The molecule has 7 heteroatoms. The van der Waals surface area contributed by atoms with Crippen molar-refractivity contribution in [3.63, 3.8) is 0 Å². The average Bonchev–Trinajstić information content (AvgIpc) is 3.21. The fourth-order valence-electron chi connectivity index (χ4n) is 3.56. The van der Waals surface area contributed by atoms with Gasteiger partial charge in [-0.05, 0) is 37.1 Å². The van der Waals surface area contributed by atoms with Crippen LogP contribution in [-0.4, -0.2) is 43.0 Å². The van der Waals surface area contributed by atoms with Crippen LogP contribution in [0.5, 0.6) is 0 Å². The van der Waals surface area contributed by atoms with Crippen molar-refractivity contribution in [1.29, 1.82) is 0 Å². The van der Waals surface area contributed by atoms with Crippen LogP contribution >= 0.6 is 11.3 Å². The molecule has 1 aliphatic rings. The molecule has 4 rings (SSSR count). The molecular weight excluding hydrogens is 384 g/mol. The predicted octanol–water partition coefficient (Wildman–Crippen LogP) is 3.06. The van der Waals surface area contributed by atoms with E-state index < -0.39 is 0 Å². The Morgan fingerprint density at radius 2 is 1.79 bits per heavy atom. The smallest absolute Gasteiger partial charge is 0.251 e. The van der Waals surface area contributed by atoms with E-state index in [1.54, 1.807) is 23.5 Å². The van der Waals surface area contributed by atoms with E-state index in [-0.39, 0.29) is 17.7 Å². The molecule has 2 aromatic carbocycles. The van der Waals surface area contributed by atoms with Crippen molar-refractivity contribution in [1.82, 2.24) is 15.6 Å². The average molecular weight is 409 g/mol. The van der Waals surface area contributed by atoms with Gasteiger partial charge in [-0.3, -0.25) is 9.59 Å². The number of fused-ring (bicyclic) bond motifs is 1. The van der Waals surface area contributed by atoms with E-state index in [0.717, 1.165) is 30.0 Å². The second-order valence-corrected chi connectivity index (χ2v) is 8.17. The van der Waals surface area contributed by atoms with Gasteiger partial charge < -0.3 is 15.5 Å². The zero-order valence-electron chi connectivity index (χ0n) is 16.1. The standard InChI is InChI=1S/C22H24N4O2S/c27-20(16-7-2-1-3-8-16)23-12-13-24-21(28)17-9-6-14-26(15-17)22-25-18-10-4-5-11-19(18)29-22/h1-5,7-8,10-11,17H,6,9,12-15H2,(H,23,27)(H,24,28)/t17-/m0/s1. The number of anilines is 1. The lowest BCUT2D eigenvalue weighted by molar-refractivity contribution is -0.125. The highest BCUT2D eigenvalue weighted by atomic mass is 32.1. The predicted molar refractivity (Wildman–Crippen MR) is 116 cm³/mol. The number of benzene rings is 2. The molecular formula is C22H24N4O2S. The van der Waals surface area contributed by atoms with Gasteiger partial charge in [0.15, 0.2) is 5.13 Å². The molecule has 0 bridgehead atoms. The lowest BCUT2D eigenvalue weighted by Crippen LogP contribution is -2.44. The largest absolute Gasteiger partial charge is 0.354 e. The number of rotatable bonds is 6. The molecule has 1 atom stereocenters. The van der Waals surface area contributed by atoms with Gasteiger partial charge in [-0.15, -0.1) is 0 Å². The summed E-state index contributed by atoms with van der Waals surface area (Å²) in [5.41, 5.74) is 1.63. The van der Waals surface area contributed by atoms with Crippen LogP contribution < -0.4 is 15.5 Å². The monoisotopic (exact) mass is 408 g/mol. The highest BCUT2D eigenvalue weighted by molar-refractivity contribution is 7.22. The third-order valence-electron chi connectivity index (χ3n) is 5.09. The van der Waals surface area contributed by atoms with Crippen molar-refractivity contribution in [2.24, 2.45) is 5.92 Å². The van der Waals surface area contributed by atoms with Gasteiger partial charge in [0.2, 0.25) is 5.91 Å². The molecule has 0 unspecified atom stereocenters. The fraction of sp³-hybridized carbons (Fsp3) is 0.318. The van der Waals surface area contributed by atoms with Crippen LogP contribution in [0, 0.1) is 5.92 Å². The molecule has 6 nitrogen and oxygen atoms in total. The van der Waals surface area contributed by atoms with Gasteiger partial charge in [-0.1, -0.05) is 41.7 Å². The third kappa shape index (κ3) is 4.74. The first-order valence-corrected chi connectivity index (χ1v) is 10.7. The van der Waals surface area contributed by atoms with Gasteiger partial charge in [0.1, 0.15) is 0 Å². The Balaban J connectivity index is 1.26. The van der Waals surface area contributed by atoms with E-state index in [2.05, 4.69) is 21.6 Å². The van der Waals surface area contributed by atoms with Crippen LogP contribution in [0.1, 0.15) is 23.2 Å². The van der Waals surface area contributed by atoms with E-state index in [4.69, 9.17) is 4.98 Å². The molecule has 3 aromatic rings. The van der Waals surface area contributed by atoms with Gasteiger partial charge in [0.25, 0.3) is 5.91 Å². The van der Waals surface area contributed by atoms with Gasteiger partial charge in [0, 0.05) is 31.7 Å². The molecule has 1 fully saturated rings. The molecule has 2 heterocycles. The van der Waals surface area contributed by atoms with Gasteiger partial charge in [-0.25, -0.2) is 4.98 Å². The Morgan fingerprint density at radius 3 is 2.62 bits per heavy atom. The minimum Gasteiger partial charge on any atom is -0.354 e. The Hall–Kier alpha value is -2.93. The summed E-state index contributed by atoms with van der Waals surface area (Å²) in [6.45, 7) is 2.45. The summed E-state index contributed by atoms with van der Waals surface area (Å²) in [6, 6.07) is 17.2. The normalized spacial score (nSPS) is 16.6. The molecule has 2 amide bonds. The Labute approximate surface area is 173 Å². The minimum absolute atomic E-state index is 0.0461. The SMILES string of the molecule is O=C(NCCNC(=O)[C@H]1CCCN(c2nc3ccccc3s2)C1)c1ccccc1. The maximum absolute atomic E-state index is 12.6. The van der Waals surface area contributed by atoms with Crippen LogP contribution in [0.15, 0.2) is 54.6 Å². The number of carbonyl (C=O) groups is 2. The first-order valence-electron chi connectivity index (χ1n) is 9.92. The molecule has 29 heavy (non-hydrogen) atoms. The number of hydrogen-bond donors (Lipinski definition) is 2. The molecule has 0 spiro atoms. The van der Waals surface area contributed by atoms with Crippen molar-refractivity contribution in [2.75, 3.05) is 31.1 Å². The summed E-state index contributed by atoms with van der Waals surface area (Å²) in [5.74, 6) is -0.134. The molecule has 0 saturated carbocycles. The number of para-hydroxylation sites is 1. The number of hydrogen-bond acceptors (Lipinski definition) is 5. The second kappa shape index (κ2) is 9.05. The summed E-state index contributed by atoms with van der Waals surface area (Å²) in [5, 5.41) is 6.78. The number of aromatic nitrogens is 1. The molecule has 150 valence electrons. The van der Waals surface area contributed by atoms with E-state index in [0.29, 0.717) is 25.2 Å². The van der Waals surface area contributed by atoms with E-state index >= 15 is 0 Å². The molecule has 0 radical (unpaired) electrons. The summed E-state index contributed by atoms with van der Waals surface area (Å²) < 4.78 is 1.17. The van der Waals surface area contributed by atoms with Crippen molar-refractivity contribution < 1.29 is 9.59 Å².